The van der Waals surface area contributed by atoms with E-state index in [1.165, 1.54) is 16.8 Å². The summed E-state index contributed by atoms with van der Waals surface area (Å²) in [6.45, 7) is 0. The number of amides is 1. The predicted molar refractivity (Wildman–Crippen MR) is 72.6 cm³/mol. The summed E-state index contributed by atoms with van der Waals surface area (Å²) in [4.78, 5) is 11.8. The first kappa shape index (κ1) is 14.0. The van der Waals surface area contributed by atoms with Crippen molar-refractivity contribution in [1.82, 2.24) is 20.2 Å². The Kier molecular flexibility index (Phi) is 4.24. The molecule has 1 aromatic carbocycles. The molecule has 19 heavy (non-hydrogen) atoms. The van der Waals surface area contributed by atoms with Crippen LogP contribution in [0.3, 0.4) is 0 Å². The standard InChI is InChI=1S/C10H8Cl3N5O/c1-18-9(15-16-17-18)4-10(19)14-8-3-6(12)5(11)2-7(8)13/h2-3H,4H2,1H3,(H,14,19). The monoisotopic (exact) mass is 319 g/mol. The number of carbonyl (C=O) groups excluding carboxylic acids is 1. The fourth-order valence-corrected chi connectivity index (χ4v) is 1.95. The largest absolute Gasteiger partial charge is 0.324 e. The number of nitrogens with one attached hydrogen (secondary N) is 1. The normalized spacial score (nSPS) is 10.5. The SMILES string of the molecule is Cn1nnnc1CC(=O)Nc1cc(Cl)c(Cl)cc1Cl. The van der Waals surface area contributed by atoms with Crippen molar-refractivity contribution in [2.45, 2.75) is 6.42 Å². The lowest BCUT2D eigenvalue weighted by Crippen LogP contribution is -2.17. The summed E-state index contributed by atoms with van der Waals surface area (Å²) in [5.41, 5.74) is 0.385. The molecule has 0 atom stereocenters. The molecule has 100 valence electrons. The van der Waals surface area contributed by atoms with Crippen LogP contribution in [0.2, 0.25) is 15.1 Å². The highest BCUT2D eigenvalue weighted by molar-refractivity contribution is 6.44. The number of halogens is 3. The predicted octanol–water partition coefficient (Wildman–Crippen LogP) is 2.35. The summed E-state index contributed by atoms with van der Waals surface area (Å²) in [6.07, 6.45) is 0.0279. The number of nitrogens with zero attached hydrogens (tertiary/aromatic N) is 4. The minimum Gasteiger partial charge on any atom is -0.324 e. The Bertz CT molecular complexity index is 628. The smallest absolute Gasteiger partial charge is 0.232 e. The lowest BCUT2D eigenvalue weighted by Gasteiger charge is -2.08. The maximum absolute atomic E-state index is 11.8. The van der Waals surface area contributed by atoms with Gasteiger partial charge >= 0.3 is 0 Å². The number of hydrogen-bond acceptors (Lipinski definition) is 4. The number of rotatable bonds is 3. The Hall–Kier alpha value is -1.37. The van der Waals surface area contributed by atoms with E-state index in [2.05, 4.69) is 20.8 Å². The zero-order valence-electron chi connectivity index (χ0n) is 9.69. The molecule has 0 fully saturated rings. The lowest BCUT2D eigenvalue weighted by atomic mass is 10.3. The average molecular weight is 321 g/mol. The molecule has 1 heterocycles. The minimum atomic E-state index is -0.307. The lowest BCUT2D eigenvalue weighted by molar-refractivity contribution is -0.115. The van der Waals surface area contributed by atoms with Crippen LogP contribution in [0.5, 0.6) is 0 Å². The zero-order valence-corrected chi connectivity index (χ0v) is 12.0. The summed E-state index contributed by atoms with van der Waals surface area (Å²) in [7, 11) is 1.65. The Morgan fingerprint density at radius 3 is 2.58 bits per heavy atom. The van der Waals surface area contributed by atoms with Crippen LogP contribution in [-0.2, 0) is 18.3 Å². The van der Waals surface area contributed by atoms with Crippen LogP contribution < -0.4 is 5.32 Å². The maximum Gasteiger partial charge on any atom is 0.232 e. The number of carbonyl (C=O) groups is 1. The topological polar surface area (TPSA) is 72.7 Å². The van der Waals surface area contributed by atoms with Gasteiger partial charge in [0.15, 0.2) is 5.82 Å². The number of hydrogen-bond donors (Lipinski definition) is 1. The third-order valence-electron chi connectivity index (χ3n) is 2.31. The highest BCUT2D eigenvalue weighted by Crippen LogP contribution is 2.32. The highest BCUT2D eigenvalue weighted by Gasteiger charge is 2.12. The van der Waals surface area contributed by atoms with Crippen LogP contribution in [0.15, 0.2) is 12.1 Å². The van der Waals surface area contributed by atoms with Gasteiger partial charge in [0, 0.05) is 7.05 Å². The molecule has 2 rings (SSSR count). The van der Waals surface area contributed by atoms with Crippen molar-refractivity contribution in [3.63, 3.8) is 0 Å². The van der Waals surface area contributed by atoms with Crippen LogP contribution in [0.25, 0.3) is 0 Å². The van der Waals surface area contributed by atoms with E-state index in [9.17, 15) is 4.79 Å². The van der Waals surface area contributed by atoms with Gasteiger partial charge in [-0.1, -0.05) is 34.8 Å². The Morgan fingerprint density at radius 1 is 1.26 bits per heavy atom. The molecule has 2 aromatic rings. The quantitative estimate of drug-likeness (QED) is 0.881. The number of anilines is 1. The van der Waals surface area contributed by atoms with Crippen molar-refractivity contribution in [2.24, 2.45) is 7.05 Å². The van der Waals surface area contributed by atoms with Crippen LogP contribution in [0, 0.1) is 0 Å². The molecule has 0 spiro atoms. The second kappa shape index (κ2) is 5.73. The molecule has 0 aliphatic carbocycles. The Balaban J connectivity index is 2.11. The van der Waals surface area contributed by atoms with Crippen molar-refractivity contribution < 1.29 is 4.79 Å². The molecule has 0 bridgehead atoms. The van der Waals surface area contributed by atoms with Gasteiger partial charge < -0.3 is 5.32 Å². The van der Waals surface area contributed by atoms with Crippen LogP contribution >= 0.6 is 34.8 Å². The van der Waals surface area contributed by atoms with E-state index in [1.54, 1.807) is 7.05 Å². The first-order valence-electron chi connectivity index (χ1n) is 5.13. The van der Waals surface area contributed by atoms with Crippen molar-refractivity contribution in [1.29, 1.82) is 0 Å². The molecule has 0 saturated heterocycles. The van der Waals surface area contributed by atoms with Gasteiger partial charge in [0.1, 0.15) is 0 Å². The van der Waals surface area contributed by atoms with E-state index in [0.29, 0.717) is 26.6 Å². The van der Waals surface area contributed by atoms with Crippen LogP contribution in [-0.4, -0.2) is 26.1 Å². The van der Waals surface area contributed by atoms with E-state index in [1.807, 2.05) is 0 Å². The fourth-order valence-electron chi connectivity index (χ4n) is 1.35. The highest BCUT2D eigenvalue weighted by atomic mass is 35.5. The van der Waals surface area contributed by atoms with Gasteiger partial charge in [-0.05, 0) is 22.6 Å². The minimum absolute atomic E-state index is 0.0279. The van der Waals surface area contributed by atoms with Crippen molar-refractivity contribution in [3.8, 4) is 0 Å². The molecule has 0 saturated carbocycles. The molecule has 1 aromatic heterocycles. The van der Waals surface area contributed by atoms with Crippen molar-refractivity contribution in [2.75, 3.05) is 5.32 Å². The number of benzene rings is 1. The third kappa shape index (κ3) is 3.34. The summed E-state index contributed by atoms with van der Waals surface area (Å²) in [5, 5.41) is 14.3. The summed E-state index contributed by atoms with van der Waals surface area (Å²) < 4.78 is 1.41. The first-order valence-corrected chi connectivity index (χ1v) is 6.26. The van der Waals surface area contributed by atoms with Crippen molar-refractivity contribution in [3.05, 3.63) is 33.0 Å². The molecule has 0 aliphatic rings. The Morgan fingerprint density at radius 2 is 1.95 bits per heavy atom. The second-order valence-electron chi connectivity index (χ2n) is 3.69. The molecule has 0 radical (unpaired) electrons. The van der Waals surface area contributed by atoms with Crippen molar-refractivity contribution >= 4 is 46.4 Å². The first-order chi connectivity index (χ1) is 8.97. The summed E-state index contributed by atoms with van der Waals surface area (Å²) in [6, 6.07) is 2.95. The Labute approximate surface area is 123 Å². The summed E-state index contributed by atoms with van der Waals surface area (Å²) >= 11 is 17.6. The second-order valence-corrected chi connectivity index (χ2v) is 4.91. The van der Waals surface area contributed by atoms with Crippen LogP contribution in [0.4, 0.5) is 5.69 Å². The van der Waals surface area contributed by atoms with E-state index >= 15 is 0 Å². The van der Waals surface area contributed by atoms with Gasteiger partial charge in [0.25, 0.3) is 0 Å². The number of aromatic nitrogens is 4. The zero-order chi connectivity index (χ0) is 14.0. The average Bonchev–Trinajstić information content (AvgIpc) is 2.72. The molecule has 1 N–H and O–H groups in total. The number of aryl methyl sites for hydroxylation is 1. The molecule has 0 unspecified atom stereocenters. The van der Waals surface area contributed by atoms with Crippen LogP contribution in [0.1, 0.15) is 5.82 Å². The third-order valence-corrected chi connectivity index (χ3v) is 3.35. The molecule has 9 heteroatoms. The number of tetrazole rings is 1. The molecule has 0 aliphatic heterocycles. The molecule has 1 amide bonds. The van der Waals surface area contributed by atoms with Gasteiger partial charge in [-0.2, -0.15) is 0 Å². The van der Waals surface area contributed by atoms with E-state index in [0.717, 1.165) is 0 Å². The molecular weight excluding hydrogens is 313 g/mol. The maximum atomic E-state index is 11.8. The van der Waals surface area contributed by atoms with E-state index < -0.39 is 0 Å². The van der Waals surface area contributed by atoms with Gasteiger partial charge in [0.2, 0.25) is 5.91 Å². The van der Waals surface area contributed by atoms with Gasteiger partial charge in [-0.15, -0.1) is 5.10 Å². The molecular formula is C10H8Cl3N5O. The van der Waals surface area contributed by atoms with Gasteiger partial charge in [-0.25, -0.2) is 4.68 Å². The molecule has 6 nitrogen and oxygen atoms in total. The van der Waals surface area contributed by atoms with Gasteiger partial charge in [0.05, 0.1) is 27.2 Å². The fraction of sp³-hybridized carbons (Fsp3) is 0.200. The van der Waals surface area contributed by atoms with E-state index in [-0.39, 0.29) is 12.3 Å². The van der Waals surface area contributed by atoms with Gasteiger partial charge in [-0.3, -0.25) is 4.79 Å². The van der Waals surface area contributed by atoms with E-state index in [4.69, 9.17) is 34.8 Å². The summed E-state index contributed by atoms with van der Waals surface area (Å²) in [5.74, 6) is 0.131.